The molecule has 0 radical (unpaired) electrons. The van der Waals surface area contributed by atoms with Gasteiger partial charge in [0, 0.05) is 6.04 Å². The van der Waals surface area contributed by atoms with E-state index < -0.39 is 6.10 Å². The molecule has 2 atom stereocenters. The lowest BCUT2D eigenvalue weighted by atomic mass is 9.82. The van der Waals surface area contributed by atoms with E-state index in [-0.39, 0.29) is 6.04 Å². The average Bonchev–Trinajstić information content (AvgIpc) is 2.46. The molecule has 1 N–H and O–H groups in total. The molecule has 2 unspecified atom stereocenters. The number of piperidine rings is 1. The van der Waals surface area contributed by atoms with Gasteiger partial charge < -0.3 is 9.84 Å². The highest BCUT2D eigenvalue weighted by Gasteiger charge is 2.30. The summed E-state index contributed by atoms with van der Waals surface area (Å²) in [4.78, 5) is 2.40. The first-order valence-corrected chi connectivity index (χ1v) is 7.49. The summed E-state index contributed by atoms with van der Waals surface area (Å²) < 4.78 is 5.16. The van der Waals surface area contributed by atoms with Crippen LogP contribution in [0.3, 0.4) is 0 Å². The van der Waals surface area contributed by atoms with Crippen LogP contribution in [0.25, 0.3) is 0 Å². The number of hydrogen-bond donors (Lipinski definition) is 1. The van der Waals surface area contributed by atoms with Gasteiger partial charge in [-0.05, 0) is 56.0 Å². The van der Waals surface area contributed by atoms with Crippen molar-refractivity contribution in [3.8, 4) is 5.75 Å². The maximum Gasteiger partial charge on any atom is 0.118 e. The van der Waals surface area contributed by atoms with E-state index >= 15 is 0 Å². The molecular weight excluding hydrogens is 250 g/mol. The van der Waals surface area contributed by atoms with Gasteiger partial charge in [0.25, 0.3) is 0 Å². The van der Waals surface area contributed by atoms with Crippen molar-refractivity contribution >= 4 is 0 Å². The molecule has 1 aliphatic rings. The van der Waals surface area contributed by atoms with E-state index in [1.54, 1.807) is 7.11 Å². The zero-order chi connectivity index (χ0) is 14.8. The van der Waals surface area contributed by atoms with Crippen LogP contribution in [0.5, 0.6) is 5.75 Å². The number of aliphatic hydroxyl groups is 1. The molecule has 0 amide bonds. The van der Waals surface area contributed by atoms with Crippen LogP contribution in [0.15, 0.2) is 24.3 Å². The largest absolute Gasteiger partial charge is 0.497 e. The van der Waals surface area contributed by atoms with E-state index in [1.807, 2.05) is 24.3 Å². The molecule has 1 aromatic carbocycles. The summed E-state index contributed by atoms with van der Waals surface area (Å²) in [5, 5.41) is 10.6. The fourth-order valence-corrected chi connectivity index (χ4v) is 2.82. The van der Waals surface area contributed by atoms with E-state index in [0.717, 1.165) is 24.4 Å². The number of benzene rings is 1. The van der Waals surface area contributed by atoms with E-state index in [4.69, 9.17) is 4.74 Å². The lowest BCUT2D eigenvalue weighted by Gasteiger charge is -2.41. The van der Waals surface area contributed by atoms with Crippen molar-refractivity contribution in [3.05, 3.63) is 29.8 Å². The number of nitrogens with zero attached hydrogens (tertiary/aromatic N) is 1. The molecule has 112 valence electrons. The van der Waals surface area contributed by atoms with Crippen molar-refractivity contribution in [3.63, 3.8) is 0 Å². The molecule has 0 saturated carbocycles. The third kappa shape index (κ3) is 3.53. The first kappa shape index (κ1) is 15.3. The van der Waals surface area contributed by atoms with Gasteiger partial charge in [-0.25, -0.2) is 0 Å². The molecule has 20 heavy (non-hydrogen) atoms. The predicted octanol–water partition coefficient (Wildman–Crippen LogP) is 3.24. The Morgan fingerprint density at radius 1 is 1.15 bits per heavy atom. The second kappa shape index (κ2) is 6.15. The molecule has 3 heteroatoms. The molecule has 1 fully saturated rings. The van der Waals surface area contributed by atoms with Crippen molar-refractivity contribution in [2.75, 3.05) is 20.2 Å². The summed E-state index contributed by atoms with van der Waals surface area (Å²) in [5.41, 5.74) is 1.41. The third-order valence-electron chi connectivity index (χ3n) is 4.64. The van der Waals surface area contributed by atoms with Crippen LogP contribution in [0.1, 0.15) is 45.3 Å². The Balaban J connectivity index is 1.99. The number of aliphatic hydroxyl groups excluding tert-OH is 1. The van der Waals surface area contributed by atoms with E-state index in [9.17, 15) is 5.11 Å². The van der Waals surface area contributed by atoms with Crippen molar-refractivity contribution in [2.45, 2.75) is 45.8 Å². The van der Waals surface area contributed by atoms with Crippen LogP contribution in [0.4, 0.5) is 0 Å². The van der Waals surface area contributed by atoms with Gasteiger partial charge in [0.15, 0.2) is 0 Å². The lowest BCUT2D eigenvalue weighted by Crippen LogP contribution is -2.44. The van der Waals surface area contributed by atoms with Gasteiger partial charge in [-0.1, -0.05) is 26.0 Å². The summed E-state index contributed by atoms with van der Waals surface area (Å²) in [5.74, 6) is 0.827. The zero-order valence-corrected chi connectivity index (χ0v) is 13.1. The van der Waals surface area contributed by atoms with Crippen LogP contribution in [0.2, 0.25) is 0 Å². The molecule has 0 spiro atoms. The number of rotatable bonds is 4. The highest BCUT2D eigenvalue weighted by atomic mass is 16.5. The monoisotopic (exact) mass is 277 g/mol. The summed E-state index contributed by atoms with van der Waals surface area (Å²) in [6, 6.07) is 7.87. The molecule has 0 aromatic heterocycles. The maximum absolute atomic E-state index is 10.6. The first-order chi connectivity index (χ1) is 9.43. The van der Waals surface area contributed by atoms with Gasteiger partial charge in [0.05, 0.1) is 13.2 Å². The Hall–Kier alpha value is -1.06. The first-order valence-electron chi connectivity index (χ1n) is 7.49. The molecule has 2 rings (SSSR count). The quantitative estimate of drug-likeness (QED) is 0.917. The topological polar surface area (TPSA) is 32.7 Å². The number of ether oxygens (including phenoxy) is 1. The number of methoxy groups -OCH3 is 1. The summed E-state index contributed by atoms with van der Waals surface area (Å²) in [6.45, 7) is 8.92. The average molecular weight is 277 g/mol. The summed E-state index contributed by atoms with van der Waals surface area (Å²) in [7, 11) is 1.66. The Morgan fingerprint density at radius 3 is 2.20 bits per heavy atom. The molecule has 0 aliphatic carbocycles. The van der Waals surface area contributed by atoms with Crippen molar-refractivity contribution < 1.29 is 9.84 Å². The van der Waals surface area contributed by atoms with Gasteiger partial charge in [-0.15, -0.1) is 0 Å². The minimum absolute atomic E-state index is 0.152. The Morgan fingerprint density at radius 2 is 1.70 bits per heavy atom. The second-order valence-corrected chi connectivity index (χ2v) is 6.66. The van der Waals surface area contributed by atoms with Gasteiger partial charge >= 0.3 is 0 Å². The van der Waals surface area contributed by atoms with Crippen LogP contribution in [0, 0.1) is 5.41 Å². The number of likely N-dealkylation sites (tertiary alicyclic amines) is 1. The minimum Gasteiger partial charge on any atom is -0.497 e. The molecule has 3 nitrogen and oxygen atoms in total. The molecule has 0 bridgehead atoms. The highest BCUT2D eigenvalue weighted by molar-refractivity contribution is 5.29. The second-order valence-electron chi connectivity index (χ2n) is 6.66. The Kier molecular flexibility index (Phi) is 4.71. The lowest BCUT2D eigenvalue weighted by molar-refractivity contribution is 0.0234. The zero-order valence-electron chi connectivity index (χ0n) is 13.1. The number of hydrogen-bond acceptors (Lipinski definition) is 3. The Labute approximate surface area is 122 Å². The summed E-state index contributed by atoms with van der Waals surface area (Å²) >= 11 is 0. The minimum atomic E-state index is -0.442. The predicted molar refractivity (Wildman–Crippen MR) is 82.0 cm³/mol. The van der Waals surface area contributed by atoms with E-state index in [0.29, 0.717) is 5.41 Å². The molecule has 1 heterocycles. The van der Waals surface area contributed by atoms with Gasteiger partial charge in [0.1, 0.15) is 5.75 Å². The van der Waals surface area contributed by atoms with E-state index in [2.05, 4.69) is 25.7 Å². The molecule has 1 saturated heterocycles. The van der Waals surface area contributed by atoms with E-state index in [1.165, 1.54) is 12.8 Å². The highest BCUT2D eigenvalue weighted by Crippen LogP contribution is 2.32. The standard InChI is InChI=1S/C17H27NO2/c1-13(18-11-9-17(2,3)10-12-18)16(19)14-5-7-15(20-4)8-6-14/h5-8,13,16,19H,9-12H2,1-4H3. The van der Waals surface area contributed by atoms with Gasteiger partial charge in [-0.2, -0.15) is 0 Å². The fourth-order valence-electron chi connectivity index (χ4n) is 2.82. The third-order valence-corrected chi connectivity index (χ3v) is 4.64. The normalized spacial score (nSPS) is 22.2. The maximum atomic E-state index is 10.6. The fraction of sp³-hybridized carbons (Fsp3) is 0.647. The molecule has 1 aliphatic heterocycles. The SMILES string of the molecule is COc1ccc(C(O)C(C)N2CCC(C)(C)CC2)cc1. The Bertz CT molecular complexity index is 417. The van der Waals surface area contributed by atoms with Gasteiger partial charge in [-0.3, -0.25) is 4.90 Å². The molecular formula is C17H27NO2. The molecule has 1 aromatic rings. The smallest absolute Gasteiger partial charge is 0.118 e. The van der Waals surface area contributed by atoms with Crippen molar-refractivity contribution in [2.24, 2.45) is 5.41 Å². The van der Waals surface area contributed by atoms with Crippen molar-refractivity contribution in [1.29, 1.82) is 0 Å². The van der Waals surface area contributed by atoms with Crippen LogP contribution >= 0.6 is 0 Å². The van der Waals surface area contributed by atoms with Crippen LogP contribution in [-0.4, -0.2) is 36.2 Å². The van der Waals surface area contributed by atoms with Gasteiger partial charge in [0.2, 0.25) is 0 Å². The van der Waals surface area contributed by atoms with Crippen molar-refractivity contribution in [1.82, 2.24) is 4.90 Å². The summed E-state index contributed by atoms with van der Waals surface area (Å²) in [6.07, 6.45) is 1.96. The van der Waals surface area contributed by atoms with Crippen LogP contribution in [-0.2, 0) is 0 Å². The van der Waals surface area contributed by atoms with Crippen LogP contribution < -0.4 is 4.74 Å².